The maximum atomic E-state index is 12.2. The molecule has 1 aliphatic heterocycles. The Bertz CT molecular complexity index is 952. The van der Waals surface area contributed by atoms with Crippen molar-refractivity contribution in [3.63, 3.8) is 0 Å². The van der Waals surface area contributed by atoms with Crippen LogP contribution in [-0.2, 0) is 6.54 Å². The van der Waals surface area contributed by atoms with Crippen molar-refractivity contribution < 1.29 is 9.90 Å². The molecule has 3 aromatic rings. The summed E-state index contributed by atoms with van der Waals surface area (Å²) >= 11 is 0. The molecule has 0 bridgehead atoms. The maximum absolute atomic E-state index is 12.2. The Morgan fingerprint density at radius 2 is 2.00 bits per heavy atom. The Balaban J connectivity index is 1.66. The highest BCUT2D eigenvalue weighted by Gasteiger charge is 2.26. The highest BCUT2D eigenvalue weighted by atomic mass is 16.3. The molecule has 7 heteroatoms. The van der Waals surface area contributed by atoms with E-state index in [1.165, 1.54) is 0 Å². The summed E-state index contributed by atoms with van der Waals surface area (Å²) in [7, 11) is 1.81. The zero-order valence-electron chi connectivity index (χ0n) is 14.6. The maximum Gasteiger partial charge on any atom is 0.324 e. The molecule has 0 spiro atoms. The third-order valence-electron chi connectivity index (χ3n) is 4.61. The number of aliphatic hydroxyl groups is 1. The van der Waals surface area contributed by atoms with Gasteiger partial charge in [-0.2, -0.15) is 0 Å². The summed E-state index contributed by atoms with van der Waals surface area (Å²) in [5.41, 5.74) is 3.54. The first kappa shape index (κ1) is 16.4. The molecule has 0 unspecified atom stereocenters. The second kappa shape index (κ2) is 6.68. The number of urea groups is 1. The Morgan fingerprint density at radius 1 is 1.15 bits per heavy atom. The average Bonchev–Trinajstić information content (AvgIpc) is 3.16. The van der Waals surface area contributed by atoms with Gasteiger partial charge in [0.1, 0.15) is 0 Å². The van der Waals surface area contributed by atoms with Crippen LogP contribution in [0.3, 0.4) is 0 Å². The second-order valence-corrected chi connectivity index (χ2v) is 6.33. The number of fused-ring (bicyclic) bond motifs is 1. The van der Waals surface area contributed by atoms with Gasteiger partial charge in [0, 0.05) is 38.1 Å². The molecule has 26 heavy (non-hydrogen) atoms. The van der Waals surface area contributed by atoms with E-state index in [1.54, 1.807) is 9.80 Å². The van der Waals surface area contributed by atoms with Crippen LogP contribution in [0, 0.1) is 0 Å². The number of hydrogen-bond donors (Lipinski definition) is 2. The number of aromatic nitrogens is 2. The van der Waals surface area contributed by atoms with Gasteiger partial charge in [-0.15, -0.1) is 0 Å². The SMILES string of the molecule is CN1CCN(c2cccc(Nc3nc4ccccc4n3CCO)c2)C1=O. The average molecular weight is 351 g/mol. The molecule has 1 saturated heterocycles. The first-order valence-electron chi connectivity index (χ1n) is 8.63. The van der Waals surface area contributed by atoms with Crippen molar-refractivity contribution in [1.82, 2.24) is 14.5 Å². The lowest BCUT2D eigenvalue weighted by molar-refractivity contribution is 0.229. The molecule has 2 N–H and O–H groups in total. The summed E-state index contributed by atoms with van der Waals surface area (Å²) in [5.74, 6) is 0.669. The van der Waals surface area contributed by atoms with Crippen LogP contribution >= 0.6 is 0 Å². The van der Waals surface area contributed by atoms with E-state index in [0.717, 1.165) is 29.0 Å². The summed E-state index contributed by atoms with van der Waals surface area (Å²) < 4.78 is 1.96. The molecule has 4 rings (SSSR count). The van der Waals surface area contributed by atoms with Crippen molar-refractivity contribution in [2.45, 2.75) is 6.54 Å². The first-order valence-corrected chi connectivity index (χ1v) is 8.63. The quantitative estimate of drug-likeness (QED) is 0.741. The highest BCUT2D eigenvalue weighted by molar-refractivity contribution is 5.94. The Morgan fingerprint density at radius 3 is 2.77 bits per heavy atom. The van der Waals surface area contributed by atoms with Crippen LogP contribution in [-0.4, -0.2) is 52.3 Å². The van der Waals surface area contributed by atoms with Gasteiger partial charge in [0.15, 0.2) is 0 Å². The number of nitrogens with zero attached hydrogens (tertiary/aromatic N) is 4. The van der Waals surface area contributed by atoms with Crippen LogP contribution in [0.1, 0.15) is 0 Å². The van der Waals surface area contributed by atoms with Crippen LogP contribution in [0.4, 0.5) is 22.1 Å². The van der Waals surface area contributed by atoms with Crippen molar-refractivity contribution >= 4 is 34.4 Å². The van der Waals surface area contributed by atoms with E-state index in [9.17, 15) is 9.90 Å². The fraction of sp³-hybridized carbons (Fsp3) is 0.263. The minimum atomic E-state index is 0.00895. The van der Waals surface area contributed by atoms with Gasteiger partial charge in [-0.1, -0.05) is 18.2 Å². The number of anilines is 3. The molecule has 2 amide bonds. The Labute approximate surface area is 151 Å². The normalized spacial score (nSPS) is 14.5. The number of aliphatic hydroxyl groups excluding tert-OH is 1. The van der Waals surface area contributed by atoms with Crippen molar-refractivity contribution in [3.8, 4) is 0 Å². The van der Waals surface area contributed by atoms with E-state index < -0.39 is 0 Å². The number of benzene rings is 2. The second-order valence-electron chi connectivity index (χ2n) is 6.33. The van der Waals surface area contributed by atoms with E-state index in [4.69, 9.17) is 0 Å². The van der Waals surface area contributed by atoms with Gasteiger partial charge in [0.25, 0.3) is 0 Å². The zero-order chi connectivity index (χ0) is 18.1. The number of carbonyl (C=O) groups excluding carboxylic acids is 1. The lowest BCUT2D eigenvalue weighted by Gasteiger charge is -2.17. The number of rotatable bonds is 5. The van der Waals surface area contributed by atoms with E-state index in [1.807, 2.05) is 60.1 Å². The third-order valence-corrected chi connectivity index (χ3v) is 4.61. The number of imidazole rings is 1. The van der Waals surface area contributed by atoms with Gasteiger partial charge in [-0.25, -0.2) is 9.78 Å². The van der Waals surface area contributed by atoms with Crippen molar-refractivity contribution in [1.29, 1.82) is 0 Å². The van der Waals surface area contributed by atoms with Gasteiger partial charge in [0.05, 0.1) is 17.6 Å². The van der Waals surface area contributed by atoms with Crippen LogP contribution in [0.15, 0.2) is 48.5 Å². The predicted octanol–water partition coefficient (Wildman–Crippen LogP) is 2.64. The Hall–Kier alpha value is -3.06. The van der Waals surface area contributed by atoms with Gasteiger partial charge in [0.2, 0.25) is 5.95 Å². The minimum Gasteiger partial charge on any atom is -0.395 e. The number of likely N-dealkylation sites (N-methyl/N-ethyl adjacent to an activating group) is 1. The molecule has 2 aromatic carbocycles. The number of carbonyl (C=O) groups is 1. The highest BCUT2D eigenvalue weighted by Crippen LogP contribution is 2.27. The molecule has 0 aliphatic carbocycles. The summed E-state index contributed by atoms with van der Waals surface area (Å²) in [6.45, 7) is 1.90. The zero-order valence-corrected chi connectivity index (χ0v) is 14.6. The predicted molar refractivity (Wildman–Crippen MR) is 102 cm³/mol. The van der Waals surface area contributed by atoms with E-state index in [-0.39, 0.29) is 12.6 Å². The largest absolute Gasteiger partial charge is 0.395 e. The van der Waals surface area contributed by atoms with E-state index in [2.05, 4.69) is 10.3 Å². The standard InChI is InChI=1S/C19H21N5O2/c1-22-9-10-23(19(22)26)15-6-4-5-14(13-15)20-18-21-16-7-2-3-8-17(16)24(18)11-12-25/h2-8,13,25H,9-12H2,1H3,(H,20,21). The third kappa shape index (κ3) is 2.86. The topological polar surface area (TPSA) is 73.6 Å². The molecule has 1 aromatic heterocycles. The molecule has 134 valence electrons. The lowest BCUT2D eigenvalue weighted by atomic mass is 10.2. The molecule has 0 saturated carbocycles. The van der Waals surface area contributed by atoms with Crippen molar-refractivity contribution in [2.24, 2.45) is 0 Å². The lowest BCUT2D eigenvalue weighted by Crippen LogP contribution is -2.29. The van der Waals surface area contributed by atoms with Gasteiger partial charge < -0.3 is 19.9 Å². The van der Waals surface area contributed by atoms with Crippen molar-refractivity contribution in [3.05, 3.63) is 48.5 Å². The minimum absolute atomic E-state index is 0.00895. The molecule has 0 radical (unpaired) electrons. The molecular weight excluding hydrogens is 330 g/mol. The number of para-hydroxylation sites is 2. The number of hydrogen-bond acceptors (Lipinski definition) is 4. The van der Waals surface area contributed by atoms with Crippen LogP contribution in [0.25, 0.3) is 11.0 Å². The van der Waals surface area contributed by atoms with Gasteiger partial charge >= 0.3 is 6.03 Å². The molecule has 1 aliphatic rings. The van der Waals surface area contributed by atoms with Crippen LogP contribution in [0.5, 0.6) is 0 Å². The number of nitrogens with one attached hydrogen (secondary N) is 1. The summed E-state index contributed by atoms with van der Waals surface area (Å²) in [4.78, 5) is 20.3. The van der Waals surface area contributed by atoms with E-state index in [0.29, 0.717) is 19.0 Å². The molecular formula is C19H21N5O2. The van der Waals surface area contributed by atoms with Gasteiger partial charge in [-0.05, 0) is 30.3 Å². The van der Waals surface area contributed by atoms with Crippen LogP contribution in [0.2, 0.25) is 0 Å². The molecule has 2 heterocycles. The summed E-state index contributed by atoms with van der Waals surface area (Å²) in [6.07, 6.45) is 0. The van der Waals surface area contributed by atoms with Gasteiger partial charge in [-0.3, -0.25) is 4.90 Å². The fourth-order valence-corrected chi connectivity index (χ4v) is 3.26. The molecule has 0 atom stereocenters. The number of amides is 2. The molecule has 1 fully saturated rings. The smallest absolute Gasteiger partial charge is 0.324 e. The first-order chi connectivity index (χ1) is 12.7. The fourth-order valence-electron chi connectivity index (χ4n) is 3.26. The summed E-state index contributed by atoms with van der Waals surface area (Å²) in [6, 6.07) is 15.6. The van der Waals surface area contributed by atoms with Crippen LogP contribution < -0.4 is 10.2 Å². The van der Waals surface area contributed by atoms with Crippen molar-refractivity contribution in [2.75, 3.05) is 37.0 Å². The van der Waals surface area contributed by atoms with E-state index >= 15 is 0 Å². The summed E-state index contributed by atoms with van der Waals surface area (Å²) in [5, 5.41) is 12.7. The monoisotopic (exact) mass is 351 g/mol. The Kier molecular flexibility index (Phi) is 4.22. The molecule has 7 nitrogen and oxygen atoms in total.